The van der Waals surface area contributed by atoms with Crippen molar-refractivity contribution in [2.24, 2.45) is 0 Å². The van der Waals surface area contributed by atoms with Crippen molar-refractivity contribution in [1.82, 2.24) is 0 Å². The Balaban J connectivity index is 2.22. The van der Waals surface area contributed by atoms with E-state index in [0.717, 1.165) is 19.9 Å². The van der Waals surface area contributed by atoms with Gasteiger partial charge in [0.25, 0.3) is 0 Å². The van der Waals surface area contributed by atoms with E-state index in [2.05, 4.69) is 27.3 Å². The van der Waals surface area contributed by atoms with E-state index in [1.807, 2.05) is 43.3 Å². The van der Waals surface area contributed by atoms with Crippen molar-refractivity contribution in [1.29, 1.82) is 5.26 Å². The number of aryl methyl sites for hydroxylation is 1. The van der Waals surface area contributed by atoms with E-state index in [9.17, 15) is 5.26 Å². The van der Waals surface area contributed by atoms with Crippen molar-refractivity contribution in [3.05, 3.63) is 50.6 Å². The number of nitrogens with one attached hydrogen (secondary N) is 1. The molecule has 0 spiro atoms. The SMILES string of the molecule is Cc1ccccc1NC(C#N)c1ccc(Br)s1. The largest absolute Gasteiger partial charge is 0.365 e. The maximum Gasteiger partial charge on any atom is 0.149 e. The summed E-state index contributed by atoms with van der Waals surface area (Å²) in [7, 11) is 0. The molecule has 17 heavy (non-hydrogen) atoms. The van der Waals surface area contributed by atoms with Crippen LogP contribution in [-0.2, 0) is 0 Å². The number of benzene rings is 1. The fraction of sp³-hybridized carbons (Fsp3) is 0.154. The van der Waals surface area contributed by atoms with Gasteiger partial charge in [-0.3, -0.25) is 0 Å². The van der Waals surface area contributed by atoms with Gasteiger partial charge in [0, 0.05) is 10.6 Å². The molecule has 0 saturated heterocycles. The normalized spacial score (nSPS) is 11.8. The molecule has 1 atom stereocenters. The highest BCUT2D eigenvalue weighted by Crippen LogP contribution is 2.29. The van der Waals surface area contributed by atoms with Gasteiger partial charge in [0.15, 0.2) is 0 Å². The number of nitrogens with zero attached hydrogens (tertiary/aromatic N) is 1. The molecule has 0 aliphatic carbocycles. The Morgan fingerprint density at radius 2 is 2.06 bits per heavy atom. The molecule has 2 nitrogen and oxygen atoms in total. The lowest BCUT2D eigenvalue weighted by molar-refractivity contribution is 1.02. The molecule has 0 fully saturated rings. The number of hydrogen-bond donors (Lipinski definition) is 1. The zero-order valence-corrected chi connectivity index (χ0v) is 11.7. The van der Waals surface area contributed by atoms with E-state index >= 15 is 0 Å². The maximum absolute atomic E-state index is 9.22. The van der Waals surface area contributed by atoms with Gasteiger partial charge in [-0.05, 0) is 46.6 Å². The summed E-state index contributed by atoms with van der Waals surface area (Å²) in [5.41, 5.74) is 2.15. The summed E-state index contributed by atoms with van der Waals surface area (Å²) in [6.07, 6.45) is 0. The molecule has 1 N–H and O–H groups in total. The number of hydrogen-bond acceptors (Lipinski definition) is 3. The number of nitriles is 1. The van der Waals surface area contributed by atoms with Crippen molar-refractivity contribution in [3.63, 3.8) is 0 Å². The molecule has 1 unspecified atom stereocenters. The van der Waals surface area contributed by atoms with Crippen LogP contribution in [0.25, 0.3) is 0 Å². The quantitative estimate of drug-likeness (QED) is 0.906. The van der Waals surface area contributed by atoms with Crippen LogP contribution in [-0.4, -0.2) is 0 Å². The zero-order chi connectivity index (χ0) is 12.3. The highest BCUT2D eigenvalue weighted by Gasteiger charge is 2.13. The monoisotopic (exact) mass is 306 g/mol. The zero-order valence-electron chi connectivity index (χ0n) is 9.27. The van der Waals surface area contributed by atoms with E-state index in [1.54, 1.807) is 11.3 Å². The van der Waals surface area contributed by atoms with Crippen LogP contribution in [0.5, 0.6) is 0 Å². The van der Waals surface area contributed by atoms with Crippen molar-refractivity contribution in [2.45, 2.75) is 13.0 Å². The molecule has 2 aromatic rings. The second-order valence-electron chi connectivity index (χ2n) is 3.66. The maximum atomic E-state index is 9.22. The Morgan fingerprint density at radius 1 is 1.29 bits per heavy atom. The minimum Gasteiger partial charge on any atom is -0.365 e. The topological polar surface area (TPSA) is 35.8 Å². The van der Waals surface area contributed by atoms with Gasteiger partial charge in [-0.1, -0.05) is 18.2 Å². The van der Waals surface area contributed by atoms with Crippen LogP contribution in [0.1, 0.15) is 16.5 Å². The van der Waals surface area contributed by atoms with Crippen LogP contribution < -0.4 is 5.32 Å². The Hall–Kier alpha value is -1.31. The summed E-state index contributed by atoms with van der Waals surface area (Å²) in [6.45, 7) is 2.03. The number of halogens is 1. The van der Waals surface area contributed by atoms with Crippen molar-refractivity contribution < 1.29 is 0 Å². The van der Waals surface area contributed by atoms with Crippen LogP contribution in [0.15, 0.2) is 40.2 Å². The van der Waals surface area contributed by atoms with Gasteiger partial charge in [-0.2, -0.15) is 5.26 Å². The van der Waals surface area contributed by atoms with E-state index in [-0.39, 0.29) is 6.04 Å². The van der Waals surface area contributed by atoms with Crippen LogP contribution in [0.4, 0.5) is 5.69 Å². The van der Waals surface area contributed by atoms with Gasteiger partial charge in [0.05, 0.1) is 9.86 Å². The summed E-state index contributed by atoms with van der Waals surface area (Å²) in [4.78, 5) is 1.02. The Labute approximate surface area is 113 Å². The van der Waals surface area contributed by atoms with Crippen molar-refractivity contribution in [3.8, 4) is 6.07 Å². The first-order valence-electron chi connectivity index (χ1n) is 5.17. The Morgan fingerprint density at radius 3 is 2.65 bits per heavy atom. The highest BCUT2D eigenvalue weighted by atomic mass is 79.9. The minimum absolute atomic E-state index is 0.299. The van der Waals surface area contributed by atoms with Gasteiger partial charge in [-0.25, -0.2) is 0 Å². The molecule has 0 aliphatic rings. The van der Waals surface area contributed by atoms with E-state index in [0.29, 0.717) is 0 Å². The third-order valence-corrected chi connectivity index (χ3v) is 4.14. The average Bonchev–Trinajstić information content (AvgIpc) is 2.75. The molecular formula is C13H11BrN2S. The average molecular weight is 307 g/mol. The molecule has 0 aliphatic heterocycles. The first kappa shape index (κ1) is 12.2. The molecule has 1 heterocycles. The first-order chi connectivity index (χ1) is 8.20. The van der Waals surface area contributed by atoms with E-state index in [4.69, 9.17) is 0 Å². The summed E-state index contributed by atoms with van der Waals surface area (Å²) in [5, 5.41) is 12.5. The summed E-state index contributed by atoms with van der Waals surface area (Å²) < 4.78 is 1.04. The predicted molar refractivity (Wildman–Crippen MR) is 75.2 cm³/mol. The third-order valence-electron chi connectivity index (χ3n) is 2.45. The molecule has 0 bridgehead atoms. The first-order valence-corrected chi connectivity index (χ1v) is 6.78. The molecule has 0 saturated carbocycles. The van der Waals surface area contributed by atoms with Gasteiger partial charge in [0.2, 0.25) is 0 Å². The molecule has 0 amide bonds. The lowest BCUT2D eigenvalue weighted by Crippen LogP contribution is -2.07. The molecule has 86 valence electrons. The van der Waals surface area contributed by atoms with Gasteiger partial charge in [0.1, 0.15) is 6.04 Å². The second-order valence-corrected chi connectivity index (χ2v) is 6.16. The van der Waals surface area contributed by atoms with Crippen molar-refractivity contribution in [2.75, 3.05) is 5.32 Å². The van der Waals surface area contributed by atoms with Crippen molar-refractivity contribution >= 4 is 33.0 Å². The summed E-state index contributed by atoms with van der Waals surface area (Å²) >= 11 is 4.99. The van der Waals surface area contributed by atoms with Gasteiger partial charge < -0.3 is 5.32 Å². The smallest absolute Gasteiger partial charge is 0.149 e. The van der Waals surface area contributed by atoms with E-state index in [1.165, 1.54) is 0 Å². The molecule has 4 heteroatoms. The van der Waals surface area contributed by atoms with Crippen LogP contribution >= 0.6 is 27.3 Å². The van der Waals surface area contributed by atoms with Gasteiger partial charge >= 0.3 is 0 Å². The summed E-state index contributed by atoms with van der Waals surface area (Å²) in [6, 6.07) is 13.9. The standard InChI is InChI=1S/C13H11BrN2S/c1-9-4-2-3-5-10(9)16-11(8-15)12-6-7-13(14)17-12/h2-7,11,16H,1H3. The van der Waals surface area contributed by atoms with Crippen LogP contribution in [0.3, 0.4) is 0 Å². The molecule has 1 aromatic carbocycles. The third kappa shape index (κ3) is 2.87. The van der Waals surface area contributed by atoms with Crippen LogP contribution in [0, 0.1) is 18.3 Å². The van der Waals surface area contributed by atoms with Crippen LogP contribution in [0.2, 0.25) is 0 Å². The minimum atomic E-state index is -0.299. The predicted octanol–water partition coefficient (Wildman–Crippen LogP) is 4.50. The Bertz CT molecular complexity index is 557. The Kier molecular flexibility index (Phi) is 3.82. The van der Waals surface area contributed by atoms with E-state index < -0.39 is 0 Å². The lowest BCUT2D eigenvalue weighted by atomic mass is 10.1. The fourth-order valence-corrected chi connectivity index (χ4v) is 2.96. The lowest BCUT2D eigenvalue weighted by Gasteiger charge is -2.13. The molecule has 0 radical (unpaired) electrons. The molecular weight excluding hydrogens is 296 g/mol. The number of thiophene rings is 1. The highest BCUT2D eigenvalue weighted by molar-refractivity contribution is 9.11. The van der Waals surface area contributed by atoms with Gasteiger partial charge in [-0.15, -0.1) is 11.3 Å². The fourth-order valence-electron chi connectivity index (χ4n) is 1.54. The number of rotatable bonds is 3. The molecule has 1 aromatic heterocycles. The summed E-state index contributed by atoms with van der Waals surface area (Å²) in [5.74, 6) is 0. The number of para-hydroxylation sites is 1. The second kappa shape index (κ2) is 5.35. The number of anilines is 1. The molecule has 2 rings (SSSR count).